The molecule has 0 amide bonds. The molecule has 2 saturated heterocycles. The standard InChI is InChI=1S/C22H30O6/c1-21(2)13-25-19(21)17-7-5-15(27-17)11-23-9-10-24-12-16-6-8-18(28-16)20-22(3,4)14-26-20/h5-8,19-20H,9-14H2,1-4H3. The van der Waals surface area contributed by atoms with Crippen molar-refractivity contribution >= 4 is 0 Å². The molecule has 2 aliphatic rings. The fourth-order valence-electron chi connectivity index (χ4n) is 3.62. The predicted octanol–water partition coefficient (Wildman–Crippen LogP) is 4.80. The first-order valence-corrected chi connectivity index (χ1v) is 9.91. The van der Waals surface area contributed by atoms with Gasteiger partial charge in [-0.05, 0) is 24.3 Å². The highest BCUT2D eigenvalue weighted by Gasteiger charge is 2.43. The predicted molar refractivity (Wildman–Crippen MR) is 102 cm³/mol. The van der Waals surface area contributed by atoms with Crippen molar-refractivity contribution in [3.8, 4) is 0 Å². The van der Waals surface area contributed by atoms with Gasteiger partial charge >= 0.3 is 0 Å². The zero-order chi connectivity index (χ0) is 19.8. The SMILES string of the molecule is CC1(C)COC1c1ccc(COCCOCc2ccc(C3OCC3(C)C)o2)o1. The zero-order valence-corrected chi connectivity index (χ0v) is 17.2. The number of ether oxygens (including phenoxy) is 4. The second-order valence-corrected chi connectivity index (χ2v) is 9.07. The van der Waals surface area contributed by atoms with E-state index in [9.17, 15) is 0 Å². The highest BCUT2D eigenvalue weighted by molar-refractivity contribution is 5.14. The maximum absolute atomic E-state index is 5.84. The van der Waals surface area contributed by atoms with E-state index >= 15 is 0 Å². The molecule has 2 aliphatic heterocycles. The highest BCUT2D eigenvalue weighted by atomic mass is 16.5. The van der Waals surface area contributed by atoms with E-state index in [2.05, 4.69) is 27.7 Å². The van der Waals surface area contributed by atoms with Gasteiger partial charge in [0.25, 0.3) is 0 Å². The molecule has 154 valence electrons. The third-order valence-electron chi connectivity index (χ3n) is 5.41. The van der Waals surface area contributed by atoms with E-state index in [4.69, 9.17) is 27.8 Å². The minimum Gasteiger partial charge on any atom is -0.461 e. The molecule has 0 aromatic carbocycles. The van der Waals surface area contributed by atoms with Gasteiger partial charge in [-0.25, -0.2) is 0 Å². The van der Waals surface area contributed by atoms with Crippen LogP contribution in [0.15, 0.2) is 33.1 Å². The zero-order valence-electron chi connectivity index (χ0n) is 17.2. The van der Waals surface area contributed by atoms with Gasteiger partial charge in [0.05, 0.1) is 26.4 Å². The molecule has 2 aromatic heterocycles. The summed E-state index contributed by atoms with van der Waals surface area (Å²) in [6.07, 6.45) is 0.0809. The summed E-state index contributed by atoms with van der Waals surface area (Å²) in [6, 6.07) is 7.84. The molecule has 0 aliphatic carbocycles. The van der Waals surface area contributed by atoms with Crippen molar-refractivity contribution in [2.45, 2.75) is 53.1 Å². The van der Waals surface area contributed by atoms with Crippen LogP contribution in [-0.2, 0) is 32.2 Å². The molecule has 6 nitrogen and oxygen atoms in total. The van der Waals surface area contributed by atoms with Crippen LogP contribution in [0.1, 0.15) is 62.9 Å². The van der Waals surface area contributed by atoms with Crippen LogP contribution < -0.4 is 0 Å². The summed E-state index contributed by atoms with van der Waals surface area (Å²) < 4.78 is 34.2. The smallest absolute Gasteiger partial charge is 0.133 e. The molecule has 4 rings (SSSR count). The molecule has 6 heteroatoms. The largest absolute Gasteiger partial charge is 0.461 e. The maximum atomic E-state index is 5.84. The van der Waals surface area contributed by atoms with Crippen LogP contribution in [0, 0.1) is 10.8 Å². The number of rotatable bonds is 9. The quantitative estimate of drug-likeness (QED) is 0.573. The first-order chi connectivity index (χ1) is 13.4. The van der Waals surface area contributed by atoms with E-state index < -0.39 is 0 Å². The summed E-state index contributed by atoms with van der Waals surface area (Å²) in [5.41, 5.74) is 0.270. The lowest BCUT2D eigenvalue weighted by atomic mass is 9.81. The lowest BCUT2D eigenvalue weighted by Gasteiger charge is -2.42. The minimum atomic E-state index is 0.0404. The van der Waals surface area contributed by atoms with Gasteiger partial charge in [0.1, 0.15) is 48.5 Å². The van der Waals surface area contributed by atoms with Gasteiger partial charge in [-0.3, -0.25) is 0 Å². The van der Waals surface area contributed by atoms with Gasteiger partial charge in [0.2, 0.25) is 0 Å². The molecule has 0 radical (unpaired) electrons. The Morgan fingerprint density at radius 3 is 1.50 bits per heavy atom. The summed E-state index contributed by atoms with van der Waals surface area (Å²) in [7, 11) is 0. The lowest BCUT2D eigenvalue weighted by Crippen LogP contribution is -2.40. The molecule has 4 heterocycles. The van der Waals surface area contributed by atoms with Crippen LogP contribution in [-0.4, -0.2) is 26.4 Å². The molecular formula is C22H30O6. The Morgan fingerprint density at radius 2 is 1.18 bits per heavy atom. The monoisotopic (exact) mass is 390 g/mol. The molecule has 0 spiro atoms. The van der Waals surface area contributed by atoms with E-state index in [-0.39, 0.29) is 23.0 Å². The molecule has 0 N–H and O–H groups in total. The molecule has 28 heavy (non-hydrogen) atoms. The van der Waals surface area contributed by atoms with Gasteiger partial charge in [-0.15, -0.1) is 0 Å². The first-order valence-electron chi connectivity index (χ1n) is 9.91. The van der Waals surface area contributed by atoms with E-state index in [1.54, 1.807) is 0 Å². The normalized spacial score (nSPS) is 25.3. The van der Waals surface area contributed by atoms with E-state index in [1.807, 2.05) is 24.3 Å². The van der Waals surface area contributed by atoms with E-state index in [1.165, 1.54) is 0 Å². The average Bonchev–Trinajstić information content (AvgIpc) is 3.26. The third-order valence-corrected chi connectivity index (χ3v) is 5.41. The van der Waals surface area contributed by atoms with Crippen molar-refractivity contribution in [3.63, 3.8) is 0 Å². The van der Waals surface area contributed by atoms with Gasteiger partial charge in [-0.2, -0.15) is 0 Å². The molecule has 2 atom stereocenters. The van der Waals surface area contributed by atoms with Gasteiger partial charge in [-0.1, -0.05) is 27.7 Å². The molecule has 2 fully saturated rings. The maximum Gasteiger partial charge on any atom is 0.133 e. The first kappa shape index (κ1) is 19.7. The van der Waals surface area contributed by atoms with Gasteiger partial charge in [0.15, 0.2) is 0 Å². The van der Waals surface area contributed by atoms with Crippen LogP contribution in [0.5, 0.6) is 0 Å². The van der Waals surface area contributed by atoms with Crippen LogP contribution in [0.2, 0.25) is 0 Å². The van der Waals surface area contributed by atoms with Gasteiger partial charge < -0.3 is 27.8 Å². The Balaban J connectivity index is 1.13. The Kier molecular flexibility index (Phi) is 5.40. The Hall–Kier alpha value is -1.60. The lowest BCUT2D eigenvalue weighted by molar-refractivity contribution is -0.180. The average molecular weight is 390 g/mol. The fraction of sp³-hybridized carbons (Fsp3) is 0.636. The second-order valence-electron chi connectivity index (χ2n) is 9.07. The molecular weight excluding hydrogens is 360 g/mol. The minimum absolute atomic E-state index is 0.0404. The molecule has 0 bridgehead atoms. The molecule has 2 unspecified atom stereocenters. The fourth-order valence-corrected chi connectivity index (χ4v) is 3.62. The highest BCUT2D eigenvalue weighted by Crippen LogP contribution is 2.46. The summed E-state index contributed by atoms with van der Waals surface area (Å²) in [5.74, 6) is 3.36. The van der Waals surface area contributed by atoms with E-state index in [0.717, 1.165) is 36.3 Å². The molecule has 0 saturated carbocycles. The summed E-state index contributed by atoms with van der Waals surface area (Å²) in [5, 5.41) is 0. The summed E-state index contributed by atoms with van der Waals surface area (Å²) in [6.45, 7) is 12.1. The van der Waals surface area contributed by atoms with Crippen molar-refractivity contribution in [3.05, 3.63) is 47.3 Å². The second kappa shape index (κ2) is 7.67. The van der Waals surface area contributed by atoms with Crippen LogP contribution in [0.3, 0.4) is 0 Å². The number of hydrogen-bond acceptors (Lipinski definition) is 6. The number of furan rings is 2. The summed E-state index contributed by atoms with van der Waals surface area (Å²) in [4.78, 5) is 0. The Labute approximate surface area is 166 Å². The third kappa shape index (κ3) is 4.06. The molecule has 2 aromatic rings. The van der Waals surface area contributed by atoms with Crippen LogP contribution >= 0.6 is 0 Å². The summed E-state index contributed by atoms with van der Waals surface area (Å²) >= 11 is 0. The van der Waals surface area contributed by atoms with Crippen molar-refractivity contribution in [1.82, 2.24) is 0 Å². The number of hydrogen-bond donors (Lipinski definition) is 0. The van der Waals surface area contributed by atoms with Crippen molar-refractivity contribution < 1.29 is 27.8 Å². The van der Waals surface area contributed by atoms with Crippen LogP contribution in [0.4, 0.5) is 0 Å². The van der Waals surface area contributed by atoms with Crippen LogP contribution in [0.25, 0.3) is 0 Å². The topological polar surface area (TPSA) is 63.2 Å². The Bertz CT molecular complexity index is 720. The van der Waals surface area contributed by atoms with Crippen molar-refractivity contribution in [2.75, 3.05) is 26.4 Å². The van der Waals surface area contributed by atoms with Crippen molar-refractivity contribution in [1.29, 1.82) is 0 Å². The van der Waals surface area contributed by atoms with Crippen molar-refractivity contribution in [2.24, 2.45) is 10.8 Å². The van der Waals surface area contributed by atoms with E-state index in [0.29, 0.717) is 26.4 Å². The van der Waals surface area contributed by atoms with Gasteiger partial charge in [0, 0.05) is 10.8 Å². The Morgan fingerprint density at radius 1 is 0.750 bits per heavy atom.